The van der Waals surface area contributed by atoms with E-state index < -0.39 is 0 Å². The molecule has 0 aliphatic heterocycles. The van der Waals surface area contributed by atoms with Gasteiger partial charge in [0, 0.05) is 34.9 Å². The Morgan fingerprint density at radius 3 is 2.44 bits per heavy atom. The minimum absolute atomic E-state index is 0.0837. The number of nitrogens with one attached hydrogen (secondary N) is 2. The molecule has 2 aromatic rings. The van der Waals surface area contributed by atoms with E-state index in [1.807, 2.05) is 36.4 Å². The van der Waals surface area contributed by atoms with Crippen molar-refractivity contribution < 1.29 is 14.3 Å². The van der Waals surface area contributed by atoms with Crippen molar-refractivity contribution in [1.29, 1.82) is 0 Å². The van der Waals surface area contributed by atoms with Crippen molar-refractivity contribution in [2.75, 3.05) is 24.4 Å². The van der Waals surface area contributed by atoms with Crippen molar-refractivity contribution in [3.63, 3.8) is 0 Å². The maximum atomic E-state index is 11.1. The molecule has 0 spiro atoms. The maximum absolute atomic E-state index is 11.1. The lowest BCUT2D eigenvalue weighted by Crippen LogP contribution is -2.07. The number of halogens is 1. The minimum atomic E-state index is -0.0837. The number of benzene rings is 2. The van der Waals surface area contributed by atoms with Crippen LogP contribution in [0.2, 0.25) is 0 Å². The molecule has 5 nitrogen and oxygen atoms in total. The van der Waals surface area contributed by atoms with Gasteiger partial charge >= 0.3 is 0 Å². The number of carbonyl (C=O) groups excluding carboxylic acids is 1. The van der Waals surface area contributed by atoms with Crippen LogP contribution in [-0.4, -0.2) is 19.6 Å². The number of hydrogen-bond donors (Lipinski definition) is 2. The fourth-order valence-electron chi connectivity index (χ4n) is 2.35. The van der Waals surface area contributed by atoms with Crippen LogP contribution in [0.25, 0.3) is 0 Å². The molecule has 0 aliphatic carbocycles. The fraction of sp³-hybridized carbons (Fsp3) is 0.316. The molecule has 0 unspecified atom stereocenters. The predicted octanol–water partition coefficient (Wildman–Crippen LogP) is 4.82. The Balaban J connectivity index is 2.13. The number of methoxy groups -OCH3 is 1. The van der Waals surface area contributed by atoms with Gasteiger partial charge in [0.05, 0.1) is 13.7 Å². The van der Waals surface area contributed by atoms with Gasteiger partial charge in [0.15, 0.2) is 11.5 Å². The van der Waals surface area contributed by atoms with E-state index in [-0.39, 0.29) is 5.91 Å². The second-order valence-electron chi connectivity index (χ2n) is 5.56. The molecule has 6 heteroatoms. The molecule has 0 aliphatic rings. The molecular formula is C19H23BrN2O3. The molecule has 0 atom stereocenters. The molecule has 1 amide bonds. The summed E-state index contributed by atoms with van der Waals surface area (Å²) in [5, 5.41) is 6.12. The van der Waals surface area contributed by atoms with Crippen molar-refractivity contribution in [1.82, 2.24) is 0 Å². The summed E-state index contributed by atoms with van der Waals surface area (Å²) in [5.41, 5.74) is 2.73. The average Bonchev–Trinajstić information content (AvgIpc) is 2.59. The Kier molecular flexibility index (Phi) is 7.13. The van der Waals surface area contributed by atoms with Gasteiger partial charge in [-0.1, -0.05) is 22.9 Å². The molecule has 25 heavy (non-hydrogen) atoms. The quantitative estimate of drug-likeness (QED) is 0.659. The summed E-state index contributed by atoms with van der Waals surface area (Å²) in [5.74, 6) is 1.38. The Labute approximate surface area is 156 Å². The lowest BCUT2D eigenvalue weighted by atomic mass is 10.1. The highest BCUT2D eigenvalue weighted by atomic mass is 79.9. The first-order valence-corrected chi connectivity index (χ1v) is 8.93. The van der Waals surface area contributed by atoms with Gasteiger partial charge in [-0.05, 0) is 42.8 Å². The molecule has 2 rings (SSSR count). The summed E-state index contributed by atoms with van der Waals surface area (Å²) >= 11 is 3.51. The van der Waals surface area contributed by atoms with Gasteiger partial charge in [-0.3, -0.25) is 4.79 Å². The first-order valence-electron chi connectivity index (χ1n) is 8.14. The summed E-state index contributed by atoms with van der Waals surface area (Å²) in [4.78, 5) is 11.1. The van der Waals surface area contributed by atoms with Crippen LogP contribution < -0.4 is 20.1 Å². The van der Waals surface area contributed by atoms with E-state index >= 15 is 0 Å². The number of carbonyl (C=O) groups is 1. The smallest absolute Gasteiger partial charge is 0.221 e. The highest BCUT2D eigenvalue weighted by molar-refractivity contribution is 9.10. The van der Waals surface area contributed by atoms with E-state index in [1.54, 1.807) is 7.11 Å². The number of rotatable bonds is 8. The number of amides is 1. The van der Waals surface area contributed by atoms with E-state index in [0.29, 0.717) is 18.9 Å². The molecule has 0 saturated carbocycles. The molecule has 0 saturated heterocycles. The van der Waals surface area contributed by atoms with Crippen LogP contribution in [-0.2, 0) is 11.3 Å². The van der Waals surface area contributed by atoms with Crippen LogP contribution in [0, 0.1) is 0 Å². The minimum Gasteiger partial charge on any atom is -0.493 e. The van der Waals surface area contributed by atoms with E-state index in [4.69, 9.17) is 9.47 Å². The van der Waals surface area contributed by atoms with Crippen molar-refractivity contribution in [2.24, 2.45) is 0 Å². The Hall–Kier alpha value is -2.21. The Morgan fingerprint density at radius 1 is 1.16 bits per heavy atom. The van der Waals surface area contributed by atoms with Crippen molar-refractivity contribution in [3.05, 3.63) is 46.4 Å². The van der Waals surface area contributed by atoms with E-state index in [0.717, 1.165) is 33.6 Å². The third-order valence-corrected chi connectivity index (χ3v) is 3.91. The monoisotopic (exact) mass is 406 g/mol. The SMILES string of the molecule is CCCOc1c(CNc2ccc(NC(C)=O)cc2)cc(Br)cc1OC. The van der Waals surface area contributed by atoms with Gasteiger partial charge < -0.3 is 20.1 Å². The molecule has 0 aromatic heterocycles. The summed E-state index contributed by atoms with van der Waals surface area (Å²) < 4.78 is 12.3. The molecule has 0 bridgehead atoms. The van der Waals surface area contributed by atoms with E-state index in [1.165, 1.54) is 6.92 Å². The van der Waals surface area contributed by atoms with Crippen molar-refractivity contribution in [2.45, 2.75) is 26.8 Å². The summed E-state index contributed by atoms with van der Waals surface area (Å²) in [6.45, 7) is 4.79. The zero-order chi connectivity index (χ0) is 18.2. The summed E-state index contributed by atoms with van der Waals surface area (Å²) in [6.07, 6.45) is 0.927. The van der Waals surface area contributed by atoms with Gasteiger partial charge in [0.25, 0.3) is 0 Å². The van der Waals surface area contributed by atoms with Crippen LogP contribution in [0.5, 0.6) is 11.5 Å². The van der Waals surface area contributed by atoms with Crippen molar-refractivity contribution in [3.8, 4) is 11.5 Å². The third-order valence-electron chi connectivity index (χ3n) is 3.46. The van der Waals surface area contributed by atoms with Crippen LogP contribution in [0.4, 0.5) is 11.4 Å². The second kappa shape index (κ2) is 9.32. The van der Waals surface area contributed by atoms with Gasteiger partial charge in [-0.15, -0.1) is 0 Å². The largest absolute Gasteiger partial charge is 0.493 e. The third kappa shape index (κ3) is 5.67. The lowest BCUT2D eigenvalue weighted by Gasteiger charge is -2.16. The standard InChI is InChI=1S/C19H23BrN2O3/c1-4-9-25-19-14(10-15(20)11-18(19)24-3)12-21-16-5-7-17(8-6-16)22-13(2)23/h5-8,10-11,21H,4,9,12H2,1-3H3,(H,22,23). The lowest BCUT2D eigenvalue weighted by molar-refractivity contribution is -0.114. The fourth-order valence-corrected chi connectivity index (χ4v) is 2.83. The zero-order valence-corrected chi connectivity index (χ0v) is 16.3. The van der Waals surface area contributed by atoms with Crippen LogP contribution in [0.15, 0.2) is 40.9 Å². The number of ether oxygens (including phenoxy) is 2. The van der Waals surface area contributed by atoms with Gasteiger partial charge in [-0.2, -0.15) is 0 Å². The first-order chi connectivity index (χ1) is 12.0. The van der Waals surface area contributed by atoms with Gasteiger partial charge in [0.1, 0.15) is 0 Å². The van der Waals surface area contributed by atoms with Gasteiger partial charge in [-0.25, -0.2) is 0 Å². The molecule has 0 radical (unpaired) electrons. The molecule has 2 N–H and O–H groups in total. The highest BCUT2D eigenvalue weighted by Gasteiger charge is 2.12. The Morgan fingerprint density at radius 2 is 1.84 bits per heavy atom. The second-order valence-corrected chi connectivity index (χ2v) is 6.47. The molecular weight excluding hydrogens is 384 g/mol. The van der Waals surface area contributed by atoms with Crippen LogP contribution in [0.1, 0.15) is 25.8 Å². The zero-order valence-electron chi connectivity index (χ0n) is 14.7. The van der Waals surface area contributed by atoms with Gasteiger partial charge in [0.2, 0.25) is 5.91 Å². The molecule has 0 fully saturated rings. The van der Waals surface area contributed by atoms with E-state index in [9.17, 15) is 4.79 Å². The van der Waals surface area contributed by atoms with Crippen LogP contribution >= 0.6 is 15.9 Å². The molecule has 0 heterocycles. The summed E-state index contributed by atoms with van der Waals surface area (Å²) in [7, 11) is 1.64. The highest BCUT2D eigenvalue weighted by Crippen LogP contribution is 2.35. The molecule has 134 valence electrons. The normalized spacial score (nSPS) is 10.2. The number of anilines is 2. The topological polar surface area (TPSA) is 59.6 Å². The summed E-state index contributed by atoms with van der Waals surface area (Å²) in [6, 6.07) is 11.5. The average molecular weight is 407 g/mol. The van der Waals surface area contributed by atoms with Crippen LogP contribution in [0.3, 0.4) is 0 Å². The van der Waals surface area contributed by atoms with Crippen molar-refractivity contribution >= 4 is 33.2 Å². The number of hydrogen-bond acceptors (Lipinski definition) is 4. The Bertz CT molecular complexity index is 717. The molecule has 2 aromatic carbocycles. The predicted molar refractivity (Wildman–Crippen MR) is 105 cm³/mol. The first kappa shape index (κ1) is 19.1. The maximum Gasteiger partial charge on any atom is 0.221 e. The van der Waals surface area contributed by atoms with E-state index in [2.05, 4.69) is 33.5 Å².